The molecule has 1 aliphatic rings. The van der Waals surface area contributed by atoms with Crippen LogP contribution in [0.1, 0.15) is 43.0 Å². The minimum Gasteiger partial charge on any atom is -0.266 e. The number of hydroxylamine groups is 2. The van der Waals surface area contributed by atoms with Crippen LogP contribution in [-0.4, -0.2) is 26.7 Å². The Kier molecular flexibility index (Phi) is 5.71. The highest BCUT2D eigenvalue weighted by Gasteiger charge is 2.40. The first-order chi connectivity index (χ1) is 18.2. The van der Waals surface area contributed by atoms with Crippen molar-refractivity contribution in [3.8, 4) is 0 Å². The number of carbonyl (C=O) groups is 2. The van der Waals surface area contributed by atoms with E-state index in [0.29, 0.717) is 11.1 Å². The Morgan fingerprint density at radius 1 is 0.622 bits per heavy atom. The lowest BCUT2D eigenvalue weighted by Crippen LogP contribution is -2.38. The Morgan fingerprint density at radius 3 is 1.51 bits per heavy atom. The summed E-state index contributed by atoms with van der Waals surface area (Å²) in [5.74, 6) is -0.916. The number of amides is 2. The summed E-state index contributed by atoms with van der Waals surface area (Å²) in [6.45, 7) is 0.0138. The van der Waals surface area contributed by atoms with Gasteiger partial charge in [-0.05, 0) is 28.8 Å². The summed E-state index contributed by atoms with van der Waals surface area (Å²) in [6, 6.07) is 37.4. The zero-order valence-corrected chi connectivity index (χ0v) is 19.9. The van der Waals surface area contributed by atoms with Gasteiger partial charge in [0.15, 0.2) is 0 Å². The summed E-state index contributed by atoms with van der Waals surface area (Å²) in [7, 11) is 0. The third-order valence-corrected chi connectivity index (χ3v) is 6.67. The van der Waals surface area contributed by atoms with Crippen molar-refractivity contribution < 1.29 is 14.4 Å². The number of nitrogens with zero attached hydrogens (tertiary/aromatic N) is 3. The molecule has 0 N–H and O–H groups in total. The molecule has 0 radical (unpaired) electrons. The molecular formula is C31H23N3O3. The third-order valence-electron chi connectivity index (χ3n) is 6.67. The first kappa shape index (κ1) is 22.6. The van der Waals surface area contributed by atoms with Gasteiger partial charge in [-0.25, -0.2) is 0 Å². The zero-order chi connectivity index (χ0) is 25.2. The van der Waals surface area contributed by atoms with Crippen LogP contribution in [0.5, 0.6) is 0 Å². The van der Waals surface area contributed by atoms with E-state index in [4.69, 9.17) is 9.94 Å². The van der Waals surface area contributed by atoms with Gasteiger partial charge in [0.2, 0.25) is 0 Å². The number of fused-ring (bicyclic) bond motifs is 1. The van der Waals surface area contributed by atoms with Crippen LogP contribution in [0.15, 0.2) is 128 Å². The van der Waals surface area contributed by atoms with Crippen molar-refractivity contribution in [2.24, 2.45) is 0 Å². The summed E-state index contributed by atoms with van der Waals surface area (Å²) in [5, 5.41) is 5.62. The van der Waals surface area contributed by atoms with E-state index in [1.165, 1.54) is 0 Å². The number of carbonyl (C=O) groups excluding carboxylic acids is 2. The second-order valence-electron chi connectivity index (χ2n) is 8.83. The molecular weight excluding hydrogens is 462 g/mol. The predicted molar refractivity (Wildman–Crippen MR) is 139 cm³/mol. The Labute approximate surface area is 214 Å². The molecule has 2 heterocycles. The number of aromatic nitrogens is 2. The van der Waals surface area contributed by atoms with E-state index in [0.717, 1.165) is 27.3 Å². The van der Waals surface area contributed by atoms with Gasteiger partial charge in [0, 0.05) is 11.8 Å². The molecule has 0 aliphatic carbocycles. The monoisotopic (exact) mass is 485 g/mol. The van der Waals surface area contributed by atoms with Crippen LogP contribution in [0.4, 0.5) is 0 Å². The van der Waals surface area contributed by atoms with Crippen LogP contribution in [0.3, 0.4) is 0 Å². The fraction of sp³-hybridized carbons (Fsp3) is 0.0645. The second-order valence-corrected chi connectivity index (χ2v) is 8.83. The Balaban J connectivity index is 1.40. The van der Waals surface area contributed by atoms with Gasteiger partial charge in [-0.3, -0.25) is 19.1 Å². The molecule has 0 saturated heterocycles. The SMILES string of the molecule is O=C1c2ccccc2C(=O)N1OCc1cnn(C(c2ccccc2)(c2ccccc2)c2ccccc2)c1. The quantitative estimate of drug-likeness (QED) is 0.227. The lowest BCUT2D eigenvalue weighted by Gasteiger charge is -2.36. The van der Waals surface area contributed by atoms with E-state index >= 15 is 0 Å². The maximum atomic E-state index is 12.7. The molecule has 1 aromatic heterocycles. The number of hydrogen-bond acceptors (Lipinski definition) is 4. The number of rotatable bonds is 7. The molecule has 0 fully saturated rings. The normalized spacial score (nSPS) is 13.1. The van der Waals surface area contributed by atoms with Crippen LogP contribution in [0.2, 0.25) is 0 Å². The van der Waals surface area contributed by atoms with Crippen molar-refractivity contribution in [1.82, 2.24) is 14.8 Å². The van der Waals surface area contributed by atoms with Gasteiger partial charge in [0.05, 0.1) is 17.3 Å². The number of benzene rings is 4. The Bertz CT molecular complexity index is 1430. The topological polar surface area (TPSA) is 64.4 Å². The van der Waals surface area contributed by atoms with Gasteiger partial charge in [0.25, 0.3) is 11.8 Å². The van der Waals surface area contributed by atoms with Gasteiger partial charge < -0.3 is 0 Å². The highest BCUT2D eigenvalue weighted by molar-refractivity contribution is 6.20. The van der Waals surface area contributed by atoms with Gasteiger partial charge >= 0.3 is 0 Å². The summed E-state index contributed by atoms with van der Waals surface area (Å²) in [6.07, 6.45) is 3.62. The smallest absolute Gasteiger partial charge is 0.266 e. The molecule has 6 heteroatoms. The predicted octanol–water partition coefficient (Wildman–Crippen LogP) is 5.45. The largest absolute Gasteiger partial charge is 0.285 e. The lowest BCUT2D eigenvalue weighted by molar-refractivity contribution is -0.101. The van der Waals surface area contributed by atoms with E-state index in [9.17, 15) is 9.59 Å². The standard InChI is InChI=1S/C31H23N3O3/c35-29-27-18-10-11-19-28(27)30(36)34(29)37-22-23-20-32-33(21-23)31(24-12-4-1-5-13-24,25-14-6-2-7-15-25)26-16-8-3-9-17-26/h1-21H,22H2. The molecule has 6 rings (SSSR count). The minimum absolute atomic E-state index is 0.0138. The first-order valence-electron chi connectivity index (χ1n) is 12.0. The van der Waals surface area contributed by atoms with E-state index in [2.05, 4.69) is 36.4 Å². The Hall–Kier alpha value is -4.81. The molecule has 0 spiro atoms. The van der Waals surface area contributed by atoms with E-state index < -0.39 is 17.4 Å². The number of hydrogen-bond donors (Lipinski definition) is 0. The maximum Gasteiger partial charge on any atom is 0.285 e. The van der Waals surface area contributed by atoms with Crippen LogP contribution in [-0.2, 0) is 17.0 Å². The molecule has 5 aromatic rings. The third kappa shape index (κ3) is 3.75. The van der Waals surface area contributed by atoms with Gasteiger partial charge in [-0.15, -0.1) is 5.06 Å². The summed E-state index contributed by atoms with van der Waals surface area (Å²) >= 11 is 0. The highest BCUT2D eigenvalue weighted by Crippen LogP contribution is 2.40. The van der Waals surface area contributed by atoms with E-state index in [1.54, 1.807) is 30.5 Å². The Morgan fingerprint density at radius 2 is 1.05 bits per heavy atom. The molecule has 0 unspecified atom stereocenters. The minimum atomic E-state index is -0.752. The van der Waals surface area contributed by atoms with Crippen molar-refractivity contribution >= 4 is 11.8 Å². The van der Waals surface area contributed by atoms with Crippen molar-refractivity contribution in [3.63, 3.8) is 0 Å². The molecule has 2 amide bonds. The van der Waals surface area contributed by atoms with Crippen LogP contribution in [0, 0.1) is 0 Å². The van der Waals surface area contributed by atoms with Gasteiger partial charge in [-0.2, -0.15) is 5.10 Å². The molecule has 180 valence electrons. The first-order valence-corrected chi connectivity index (χ1v) is 12.0. The maximum absolute atomic E-state index is 12.7. The summed E-state index contributed by atoms with van der Waals surface area (Å²) < 4.78 is 1.92. The van der Waals surface area contributed by atoms with Crippen molar-refractivity contribution in [1.29, 1.82) is 0 Å². The summed E-state index contributed by atoms with van der Waals surface area (Å²) in [5.41, 5.74) is 3.80. The highest BCUT2D eigenvalue weighted by atomic mass is 16.7. The van der Waals surface area contributed by atoms with Gasteiger partial charge in [0.1, 0.15) is 12.1 Å². The van der Waals surface area contributed by atoms with Gasteiger partial charge in [-0.1, -0.05) is 103 Å². The molecule has 0 saturated carbocycles. The molecule has 37 heavy (non-hydrogen) atoms. The summed E-state index contributed by atoms with van der Waals surface area (Å²) in [4.78, 5) is 31.1. The fourth-order valence-electron chi connectivity index (χ4n) is 4.98. The van der Waals surface area contributed by atoms with Crippen molar-refractivity contribution in [2.45, 2.75) is 12.1 Å². The molecule has 6 nitrogen and oxygen atoms in total. The van der Waals surface area contributed by atoms with Crippen LogP contribution < -0.4 is 0 Å². The molecule has 4 aromatic carbocycles. The number of imide groups is 1. The molecule has 0 bridgehead atoms. The van der Waals surface area contributed by atoms with Crippen molar-refractivity contribution in [2.75, 3.05) is 0 Å². The lowest BCUT2D eigenvalue weighted by atomic mass is 9.77. The second kappa shape index (κ2) is 9.33. The zero-order valence-electron chi connectivity index (χ0n) is 19.9. The van der Waals surface area contributed by atoms with Crippen LogP contribution >= 0.6 is 0 Å². The molecule has 0 atom stereocenters. The van der Waals surface area contributed by atoms with Crippen LogP contribution in [0.25, 0.3) is 0 Å². The average molecular weight is 486 g/mol. The van der Waals surface area contributed by atoms with E-state index in [-0.39, 0.29) is 6.61 Å². The molecule has 1 aliphatic heterocycles. The van der Waals surface area contributed by atoms with E-state index in [1.807, 2.05) is 65.5 Å². The van der Waals surface area contributed by atoms with Crippen molar-refractivity contribution in [3.05, 3.63) is 161 Å². The average Bonchev–Trinajstić information content (AvgIpc) is 3.53. The fourth-order valence-corrected chi connectivity index (χ4v) is 4.98.